The van der Waals surface area contributed by atoms with Crippen LogP contribution in [0.3, 0.4) is 0 Å². The second kappa shape index (κ2) is 3.53. The molecule has 0 spiro atoms. The molecule has 1 N–H and O–H groups in total. The number of aliphatic hydroxyl groups excluding tert-OH is 1. The highest BCUT2D eigenvalue weighted by Crippen LogP contribution is 1.90. The van der Waals surface area contributed by atoms with Crippen molar-refractivity contribution in [2.75, 3.05) is 0 Å². The monoisotopic (exact) mass is 171 g/mol. The van der Waals surface area contributed by atoms with E-state index in [1.54, 1.807) is 14.0 Å². The summed E-state index contributed by atoms with van der Waals surface area (Å²) in [5.41, 5.74) is -0.143. The minimum atomic E-state index is -0.390. The third-order valence-electron chi connectivity index (χ3n) is 1.65. The molecule has 1 heterocycles. The first-order chi connectivity index (χ1) is 5.61. The predicted molar refractivity (Wildman–Crippen MR) is 43.8 cm³/mol. The van der Waals surface area contributed by atoms with E-state index in [9.17, 15) is 4.79 Å². The van der Waals surface area contributed by atoms with Gasteiger partial charge in [0.15, 0.2) is 0 Å². The molecule has 1 aromatic heterocycles. The minimum absolute atomic E-state index is 0.143. The quantitative estimate of drug-likeness (QED) is 0.657. The molecule has 0 bridgehead atoms. The van der Waals surface area contributed by atoms with E-state index in [0.717, 1.165) is 0 Å². The van der Waals surface area contributed by atoms with E-state index in [4.69, 9.17) is 5.11 Å². The van der Waals surface area contributed by atoms with Gasteiger partial charge in [0.1, 0.15) is 6.33 Å². The summed E-state index contributed by atoms with van der Waals surface area (Å²) in [6.45, 7) is 2.16. The summed E-state index contributed by atoms with van der Waals surface area (Å²) >= 11 is 0. The van der Waals surface area contributed by atoms with Crippen molar-refractivity contribution in [3.63, 3.8) is 0 Å². The standard InChI is InChI=1S/C7H13N3O2/c1-6(11)3-4-10-7(12)9(2)5-8-10/h5-6,11H,3-4H2,1-2H3. The normalized spacial score (nSPS) is 13.2. The maximum Gasteiger partial charge on any atom is 0.345 e. The summed E-state index contributed by atoms with van der Waals surface area (Å²) in [7, 11) is 1.65. The summed E-state index contributed by atoms with van der Waals surface area (Å²) in [5, 5.41) is 12.8. The molecule has 0 aliphatic rings. The highest BCUT2D eigenvalue weighted by molar-refractivity contribution is 4.65. The van der Waals surface area contributed by atoms with Gasteiger partial charge in [0.2, 0.25) is 0 Å². The van der Waals surface area contributed by atoms with Crippen LogP contribution in [0.5, 0.6) is 0 Å². The number of rotatable bonds is 3. The Morgan fingerprint density at radius 2 is 2.42 bits per heavy atom. The van der Waals surface area contributed by atoms with Crippen molar-refractivity contribution in [2.24, 2.45) is 7.05 Å². The Morgan fingerprint density at radius 3 is 2.83 bits per heavy atom. The Labute approximate surface area is 70.2 Å². The van der Waals surface area contributed by atoms with Crippen molar-refractivity contribution < 1.29 is 5.11 Å². The second-order valence-corrected chi connectivity index (χ2v) is 2.89. The van der Waals surface area contributed by atoms with Crippen LogP contribution >= 0.6 is 0 Å². The van der Waals surface area contributed by atoms with E-state index in [2.05, 4.69) is 5.10 Å². The fourth-order valence-corrected chi connectivity index (χ4v) is 0.883. The first-order valence-electron chi connectivity index (χ1n) is 3.87. The zero-order chi connectivity index (χ0) is 9.14. The molecular weight excluding hydrogens is 158 g/mol. The molecule has 0 aromatic carbocycles. The second-order valence-electron chi connectivity index (χ2n) is 2.89. The topological polar surface area (TPSA) is 60.0 Å². The van der Waals surface area contributed by atoms with E-state index in [1.165, 1.54) is 15.6 Å². The molecule has 5 heteroatoms. The molecule has 0 saturated carbocycles. The van der Waals surface area contributed by atoms with Crippen LogP contribution in [0.4, 0.5) is 0 Å². The smallest absolute Gasteiger partial charge is 0.345 e. The summed E-state index contributed by atoms with van der Waals surface area (Å²) in [6, 6.07) is 0. The van der Waals surface area contributed by atoms with Crippen LogP contribution in [0.25, 0.3) is 0 Å². The Balaban J connectivity index is 2.64. The van der Waals surface area contributed by atoms with E-state index < -0.39 is 0 Å². The number of hydrogen-bond donors (Lipinski definition) is 1. The van der Waals surface area contributed by atoms with E-state index in [-0.39, 0.29) is 11.8 Å². The Kier molecular flexibility index (Phi) is 2.65. The Hall–Kier alpha value is -1.10. The zero-order valence-corrected chi connectivity index (χ0v) is 7.27. The van der Waals surface area contributed by atoms with E-state index >= 15 is 0 Å². The van der Waals surface area contributed by atoms with Gasteiger partial charge >= 0.3 is 5.69 Å². The van der Waals surface area contributed by atoms with Gasteiger partial charge in [-0.25, -0.2) is 9.48 Å². The van der Waals surface area contributed by atoms with Crippen LogP contribution in [-0.4, -0.2) is 25.6 Å². The number of aryl methyl sites for hydroxylation is 2. The number of nitrogens with zero attached hydrogens (tertiary/aromatic N) is 3. The van der Waals surface area contributed by atoms with E-state index in [0.29, 0.717) is 13.0 Å². The summed E-state index contributed by atoms with van der Waals surface area (Å²) in [4.78, 5) is 11.2. The third kappa shape index (κ3) is 1.94. The first kappa shape index (κ1) is 8.99. The summed E-state index contributed by atoms with van der Waals surface area (Å²) < 4.78 is 2.74. The Morgan fingerprint density at radius 1 is 1.75 bits per heavy atom. The number of aromatic nitrogens is 3. The molecule has 0 saturated heterocycles. The van der Waals surface area contributed by atoms with Crippen molar-refractivity contribution in [3.8, 4) is 0 Å². The van der Waals surface area contributed by atoms with Gasteiger partial charge in [0.05, 0.1) is 6.10 Å². The molecule has 0 fully saturated rings. The molecule has 1 rings (SSSR count). The number of hydrogen-bond acceptors (Lipinski definition) is 3. The van der Waals surface area contributed by atoms with Gasteiger partial charge in [-0.05, 0) is 13.3 Å². The molecule has 0 aliphatic carbocycles. The Bertz CT molecular complexity index is 300. The van der Waals surface area contributed by atoms with Crippen LogP contribution in [0.1, 0.15) is 13.3 Å². The highest BCUT2D eigenvalue weighted by atomic mass is 16.3. The third-order valence-corrected chi connectivity index (χ3v) is 1.65. The SMILES string of the molecule is CC(O)CCn1ncn(C)c1=O. The van der Waals surface area contributed by atoms with Gasteiger partial charge in [-0.2, -0.15) is 5.10 Å². The van der Waals surface area contributed by atoms with Crippen molar-refractivity contribution in [1.29, 1.82) is 0 Å². The molecule has 1 unspecified atom stereocenters. The molecule has 68 valence electrons. The minimum Gasteiger partial charge on any atom is -0.393 e. The van der Waals surface area contributed by atoms with Gasteiger partial charge in [0.25, 0.3) is 0 Å². The fourth-order valence-electron chi connectivity index (χ4n) is 0.883. The molecule has 1 atom stereocenters. The van der Waals surface area contributed by atoms with Crippen molar-refractivity contribution in [2.45, 2.75) is 26.0 Å². The maximum absolute atomic E-state index is 11.2. The fraction of sp³-hybridized carbons (Fsp3) is 0.714. The molecule has 5 nitrogen and oxygen atoms in total. The molecule has 12 heavy (non-hydrogen) atoms. The highest BCUT2D eigenvalue weighted by Gasteiger charge is 2.02. The lowest BCUT2D eigenvalue weighted by Crippen LogP contribution is -2.24. The van der Waals surface area contributed by atoms with Gasteiger partial charge in [-0.3, -0.25) is 4.57 Å². The lowest BCUT2D eigenvalue weighted by molar-refractivity contribution is 0.175. The first-order valence-corrected chi connectivity index (χ1v) is 3.87. The molecule has 0 radical (unpaired) electrons. The van der Waals surface area contributed by atoms with Crippen LogP contribution < -0.4 is 5.69 Å². The summed E-state index contributed by atoms with van der Waals surface area (Å²) in [6.07, 6.45) is 1.63. The summed E-state index contributed by atoms with van der Waals surface area (Å²) in [5.74, 6) is 0. The molecular formula is C7H13N3O2. The molecule has 0 amide bonds. The van der Waals surface area contributed by atoms with Crippen LogP contribution in [0.15, 0.2) is 11.1 Å². The maximum atomic E-state index is 11.2. The van der Waals surface area contributed by atoms with Gasteiger partial charge in [-0.1, -0.05) is 0 Å². The largest absolute Gasteiger partial charge is 0.393 e. The van der Waals surface area contributed by atoms with Gasteiger partial charge < -0.3 is 5.11 Å². The van der Waals surface area contributed by atoms with Gasteiger partial charge in [-0.15, -0.1) is 0 Å². The molecule has 0 aliphatic heterocycles. The van der Waals surface area contributed by atoms with Gasteiger partial charge in [0, 0.05) is 13.6 Å². The van der Waals surface area contributed by atoms with Crippen LogP contribution in [-0.2, 0) is 13.6 Å². The number of aliphatic hydroxyl groups is 1. The van der Waals surface area contributed by atoms with Crippen molar-refractivity contribution >= 4 is 0 Å². The average molecular weight is 171 g/mol. The predicted octanol–water partition coefficient (Wildman–Crippen LogP) is -0.647. The van der Waals surface area contributed by atoms with Crippen molar-refractivity contribution in [1.82, 2.24) is 14.3 Å². The zero-order valence-electron chi connectivity index (χ0n) is 7.27. The average Bonchev–Trinajstić information content (AvgIpc) is 2.30. The lowest BCUT2D eigenvalue weighted by Gasteiger charge is -2.01. The van der Waals surface area contributed by atoms with Crippen LogP contribution in [0, 0.1) is 0 Å². The lowest BCUT2D eigenvalue weighted by atomic mass is 10.3. The van der Waals surface area contributed by atoms with E-state index in [1.807, 2.05) is 0 Å². The van der Waals surface area contributed by atoms with Crippen LogP contribution in [0.2, 0.25) is 0 Å². The molecule has 1 aromatic rings. The van der Waals surface area contributed by atoms with Crippen molar-refractivity contribution in [3.05, 3.63) is 16.8 Å².